The van der Waals surface area contributed by atoms with Crippen LogP contribution in [0.2, 0.25) is 25.7 Å². The standard InChI is InChI=1S/C30H51FO2Si/c1-10-33-30(32)28(24(2)3)22-21-26(5)17-14-16-25(4)18-15-20-29(31)27(6)19-12-11-13-23-34(7,8)9/h11,13,17-18H,10,12,14-16,19-23H2,1-9H3/b13-11-,25-18+,26-17+,29-27-. The van der Waals surface area contributed by atoms with Crippen molar-refractivity contribution in [2.75, 3.05) is 6.61 Å². The van der Waals surface area contributed by atoms with E-state index in [4.69, 9.17) is 4.74 Å². The first-order valence-corrected chi connectivity index (χ1v) is 16.7. The highest BCUT2D eigenvalue weighted by Gasteiger charge is 2.12. The maximum atomic E-state index is 14.4. The van der Waals surface area contributed by atoms with Gasteiger partial charge in [0.2, 0.25) is 0 Å². The van der Waals surface area contributed by atoms with E-state index >= 15 is 0 Å². The lowest BCUT2D eigenvalue weighted by Gasteiger charge is -2.11. The molecular weight excluding hydrogens is 439 g/mol. The van der Waals surface area contributed by atoms with Crippen LogP contribution in [0.1, 0.15) is 92.9 Å². The molecule has 0 saturated carbocycles. The summed E-state index contributed by atoms with van der Waals surface area (Å²) in [5.74, 6) is -0.140. The van der Waals surface area contributed by atoms with E-state index in [0.29, 0.717) is 13.0 Å². The first kappa shape index (κ1) is 32.3. The number of esters is 1. The van der Waals surface area contributed by atoms with E-state index in [9.17, 15) is 9.18 Å². The minimum absolute atomic E-state index is 0.0510. The quantitative estimate of drug-likeness (QED) is 0.0931. The summed E-state index contributed by atoms with van der Waals surface area (Å²) in [6.45, 7) is 19.4. The Morgan fingerprint density at radius 3 is 1.94 bits per heavy atom. The molecule has 0 amide bonds. The summed E-state index contributed by atoms with van der Waals surface area (Å²) in [6.07, 6.45) is 15.5. The summed E-state index contributed by atoms with van der Waals surface area (Å²) < 4.78 is 19.6. The Labute approximate surface area is 211 Å². The molecule has 194 valence electrons. The summed E-state index contributed by atoms with van der Waals surface area (Å²) in [5.41, 5.74) is 5.30. The molecule has 0 N–H and O–H groups in total. The molecule has 0 saturated heterocycles. The molecule has 0 heterocycles. The summed E-state index contributed by atoms with van der Waals surface area (Å²) >= 11 is 0. The molecule has 0 rings (SSSR count). The van der Waals surface area contributed by atoms with Gasteiger partial charge >= 0.3 is 5.97 Å². The molecule has 0 fully saturated rings. The van der Waals surface area contributed by atoms with Crippen molar-refractivity contribution in [2.45, 2.75) is 119 Å². The van der Waals surface area contributed by atoms with E-state index in [1.165, 1.54) is 17.2 Å². The molecule has 0 radical (unpaired) electrons. The Bertz CT molecular complexity index is 772. The second-order valence-electron chi connectivity index (χ2n) is 10.8. The molecule has 0 aliphatic heterocycles. The second kappa shape index (κ2) is 17.7. The molecule has 34 heavy (non-hydrogen) atoms. The normalized spacial score (nSPS) is 13.8. The number of carbonyl (C=O) groups is 1. The Hall–Kier alpha value is -1.68. The Kier molecular flexibility index (Phi) is 16.8. The molecule has 0 aliphatic carbocycles. The van der Waals surface area contributed by atoms with E-state index in [1.54, 1.807) is 0 Å². The van der Waals surface area contributed by atoms with Gasteiger partial charge in [-0.05, 0) is 98.1 Å². The van der Waals surface area contributed by atoms with Crippen molar-refractivity contribution in [3.05, 3.63) is 58.0 Å². The van der Waals surface area contributed by atoms with E-state index < -0.39 is 8.07 Å². The van der Waals surface area contributed by atoms with Gasteiger partial charge in [0, 0.05) is 20.1 Å². The first-order chi connectivity index (χ1) is 15.9. The minimum Gasteiger partial charge on any atom is -0.463 e. The fourth-order valence-corrected chi connectivity index (χ4v) is 4.37. The fraction of sp³-hybridized carbons (Fsp3) is 0.633. The van der Waals surface area contributed by atoms with Crippen LogP contribution in [0.5, 0.6) is 0 Å². The molecule has 4 heteroatoms. The highest BCUT2D eigenvalue weighted by molar-refractivity contribution is 6.76. The molecule has 0 aromatic carbocycles. The lowest BCUT2D eigenvalue weighted by atomic mass is 10.0. The van der Waals surface area contributed by atoms with Crippen molar-refractivity contribution in [1.82, 2.24) is 0 Å². The van der Waals surface area contributed by atoms with Gasteiger partial charge in [-0.1, -0.05) is 60.7 Å². The molecule has 0 aliphatic rings. The summed E-state index contributed by atoms with van der Waals surface area (Å²) in [7, 11) is -1.02. The zero-order valence-electron chi connectivity index (χ0n) is 23.6. The largest absolute Gasteiger partial charge is 0.463 e. The summed E-state index contributed by atoms with van der Waals surface area (Å²) in [4.78, 5) is 12.1. The van der Waals surface area contributed by atoms with Crippen LogP contribution in [0.4, 0.5) is 4.39 Å². The SMILES string of the molecule is CCOC(=O)C(CC/C(C)=C/CC/C(C)=C/CC/C(F)=C(\C)CC/C=C\C[Si](C)(C)C)=C(C)C. The van der Waals surface area contributed by atoms with Gasteiger partial charge in [-0.25, -0.2) is 9.18 Å². The predicted molar refractivity (Wildman–Crippen MR) is 151 cm³/mol. The average Bonchev–Trinajstić information content (AvgIpc) is 2.72. The third-order valence-electron chi connectivity index (χ3n) is 5.83. The predicted octanol–water partition coefficient (Wildman–Crippen LogP) is 10.0. The van der Waals surface area contributed by atoms with Crippen LogP contribution in [0.25, 0.3) is 0 Å². The van der Waals surface area contributed by atoms with Crippen molar-refractivity contribution in [3.63, 3.8) is 0 Å². The number of allylic oxidation sites excluding steroid dienone is 9. The van der Waals surface area contributed by atoms with Crippen LogP contribution in [-0.4, -0.2) is 20.7 Å². The molecule has 0 bridgehead atoms. The lowest BCUT2D eigenvalue weighted by molar-refractivity contribution is -0.138. The molecule has 0 aromatic rings. The second-order valence-corrected chi connectivity index (χ2v) is 16.4. The van der Waals surface area contributed by atoms with Crippen LogP contribution >= 0.6 is 0 Å². The van der Waals surface area contributed by atoms with Gasteiger partial charge in [0.25, 0.3) is 0 Å². The van der Waals surface area contributed by atoms with Crippen LogP contribution in [0.3, 0.4) is 0 Å². The number of halogens is 1. The maximum Gasteiger partial charge on any atom is 0.333 e. The van der Waals surface area contributed by atoms with Crippen molar-refractivity contribution >= 4 is 14.0 Å². The maximum absolute atomic E-state index is 14.4. The van der Waals surface area contributed by atoms with Crippen molar-refractivity contribution in [3.8, 4) is 0 Å². The topological polar surface area (TPSA) is 26.3 Å². The van der Waals surface area contributed by atoms with Crippen molar-refractivity contribution < 1.29 is 13.9 Å². The summed E-state index contributed by atoms with van der Waals surface area (Å²) in [6, 6.07) is 1.20. The van der Waals surface area contributed by atoms with E-state index in [2.05, 4.69) is 57.8 Å². The number of hydrogen-bond donors (Lipinski definition) is 0. The smallest absolute Gasteiger partial charge is 0.333 e. The molecule has 0 aromatic heterocycles. The number of carbonyl (C=O) groups excluding carboxylic acids is 1. The Balaban J connectivity index is 4.41. The molecule has 0 atom stereocenters. The molecule has 2 nitrogen and oxygen atoms in total. The van der Waals surface area contributed by atoms with Crippen LogP contribution in [-0.2, 0) is 9.53 Å². The molecule has 0 unspecified atom stereocenters. The van der Waals surface area contributed by atoms with Crippen LogP contribution < -0.4 is 0 Å². The monoisotopic (exact) mass is 490 g/mol. The van der Waals surface area contributed by atoms with E-state index in [-0.39, 0.29) is 11.8 Å². The molecule has 0 spiro atoms. The van der Waals surface area contributed by atoms with Gasteiger partial charge in [-0.15, -0.1) is 0 Å². The van der Waals surface area contributed by atoms with Crippen LogP contribution in [0.15, 0.2) is 58.0 Å². The van der Waals surface area contributed by atoms with Crippen molar-refractivity contribution in [2.24, 2.45) is 0 Å². The lowest BCUT2D eigenvalue weighted by Crippen LogP contribution is -2.17. The fourth-order valence-electron chi connectivity index (χ4n) is 3.50. The summed E-state index contributed by atoms with van der Waals surface area (Å²) in [5, 5.41) is 0. The number of rotatable bonds is 16. The molecular formula is C30H51FO2Si. The van der Waals surface area contributed by atoms with Gasteiger partial charge in [-0.2, -0.15) is 0 Å². The Morgan fingerprint density at radius 1 is 0.794 bits per heavy atom. The third kappa shape index (κ3) is 16.9. The zero-order chi connectivity index (χ0) is 26.1. The van der Waals surface area contributed by atoms with E-state index in [0.717, 1.165) is 61.7 Å². The minimum atomic E-state index is -1.02. The number of ether oxygens (including phenoxy) is 1. The Morgan fingerprint density at radius 2 is 1.38 bits per heavy atom. The third-order valence-corrected chi connectivity index (χ3v) is 7.29. The first-order valence-electron chi connectivity index (χ1n) is 13.0. The highest BCUT2D eigenvalue weighted by atomic mass is 28.3. The van der Waals surface area contributed by atoms with Gasteiger partial charge in [0.1, 0.15) is 0 Å². The van der Waals surface area contributed by atoms with Gasteiger partial charge in [0.05, 0.1) is 12.4 Å². The van der Waals surface area contributed by atoms with Gasteiger partial charge in [0.15, 0.2) is 0 Å². The van der Waals surface area contributed by atoms with E-state index in [1.807, 2.05) is 27.7 Å². The van der Waals surface area contributed by atoms with Crippen LogP contribution in [0, 0.1) is 0 Å². The highest BCUT2D eigenvalue weighted by Crippen LogP contribution is 2.20. The van der Waals surface area contributed by atoms with Gasteiger partial charge in [-0.3, -0.25) is 0 Å². The van der Waals surface area contributed by atoms with Gasteiger partial charge < -0.3 is 4.74 Å². The average molecular weight is 491 g/mol. The zero-order valence-corrected chi connectivity index (χ0v) is 24.6. The van der Waals surface area contributed by atoms with Crippen molar-refractivity contribution in [1.29, 1.82) is 0 Å². The number of hydrogen-bond acceptors (Lipinski definition) is 2.